The van der Waals surface area contributed by atoms with Gasteiger partial charge in [0.25, 0.3) is 0 Å². The van der Waals surface area contributed by atoms with E-state index >= 15 is 0 Å². The number of aryl methyl sites for hydroxylation is 6. The van der Waals surface area contributed by atoms with E-state index in [1.54, 1.807) is 6.92 Å². The SMILES string of the molecule is CCC(O)(Cc1c(C)cc(C)cc1C)[C@@H](O)[C@@](O)(Cc1c(C)cc(C)cc1C)[C@H](O)[C@@H](O)CO. The Morgan fingerprint density at radius 3 is 1.44 bits per heavy atom. The molecule has 6 heteroatoms. The van der Waals surface area contributed by atoms with E-state index in [0.29, 0.717) is 5.56 Å². The van der Waals surface area contributed by atoms with Crippen molar-refractivity contribution in [2.24, 2.45) is 0 Å². The molecule has 0 aromatic heterocycles. The summed E-state index contributed by atoms with van der Waals surface area (Å²) in [6.07, 6.45) is -5.48. The summed E-state index contributed by atoms with van der Waals surface area (Å²) in [5.74, 6) is 0. The molecule has 5 atom stereocenters. The number of aliphatic hydroxyl groups excluding tert-OH is 4. The molecule has 2 aromatic rings. The number of benzene rings is 2. The molecule has 0 aliphatic rings. The molecular weight excluding hydrogens is 432 g/mol. The second-order valence-electron chi connectivity index (χ2n) is 10.2. The second-order valence-corrected chi connectivity index (χ2v) is 10.2. The lowest BCUT2D eigenvalue weighted by molar-refractivity contribution is -0.229. The quantitative estimate of drug-likeness (QED) is 0.314. The summed E-state index contributed by atoms with van der Waals surface area (Å²) in [5.41, 5.74) is 3.19. The monoisotopic (exact) mass is 474 g/mol. The van der Waals surface area contributed by atoms with Crippen LogP contribution in [0.3, 0.4) is 0 Å². The molecular formula is C28H42O6. The molecule has 0 bridgehead atoms. The Kier molecular flexibility index (Phi) is 9.08. The molecule has 0 radical (unpaired) electrons. The minimum Gasteiger partial charge on any atom is -0.394 e. The van der Waals surface area contributed by atoms with Crippen molar-refractivity contribution in [3.8, 4) is 0 Å². The van der Waals surface area contributed by atoms with Gasteiger partial charge in [-0.2, -0.15) is 0 Å². The molecule has 0 aliphatic heterocycles. The first kappa shape index (κ1) is 28.4. The van der Waals surface area contributed by atoms with Gasteiger partial charge in [-0.05, 0) is 81.3 Å². The Labute approximate surface area is 203 Å². The van der Waals surface area contributed by atoms with E-state index < -0.39 is 36.1 Å². The van der Waals surface area contributed by atoms with Gasteiger partial charge in [0.1, 0.15) is 23.9 Å². The van der Waals surface area contributed by atoms with Gasteiger partial charge in [-0.3, -0.25) is 0 Å². The molecule has 2 rings (SSSR count). The van der Waals surface area contributed by atoms with Crippen molar-refractivity contribution < 1.29 is 30.6 Å². The van der Waals surface area contributed by atoms with E-state index in [4.69, 9.17) is 0 Å². The third kappa shape index (κ3) is 5.70. The molecule has 6 nitrogen and oxygen atoms in total. The summed E-state index contributed by atoms with van der Waals surface area (Å²) in [7, 11) is 0. The maximum Gasteiger partial charge on any atom is 0.126 e. The summed E-state index contributed by atoms with van der Waals surface area (Å²) in [4.78, 5) is 0. The Morgan fingerprint density at radius 1 is 0.706 bits per heavy atom. The highest BCUT2D eigenvalue weighted by atomic mass is 16.4. The zero-order valence-corrected chi connectivity index (χ0v) is 21.6. The van der Waals surface area contributed by atoms with E-state index in [1.807, 2.05) is 65.8 Å². The van der Waals surface area contributed by atoms with Gasteiger partial charge in [-0.25, -0.2) is 0 Å². The van der Waals surface area contributed by atoms with Crippen LogP contribution < -0.4 is 0 Å². The minimum atomic E-state index is -2.33. The zero-order valence-electron chi connectivity index (χ0n) is 21.6. The smallest absolute Gasteiger partial charge is 0.126 e. The van der Waals surface area contributed by atoms with Gasteiger partial charge in [0.15, 0.2) is 0 Å². The first-order chi connectivity index (χ1) is 15.7. The Hall–Kier alpha value is -1.80. The van der Waals surface area contributed by atoms with E-state index in [-0.39, 0.29) is 19.3 Å². The van der Waals surface area contributed by atoms with Gasteiger partial charge in [-0.1, -0.05) is 42.3 Å². The summed E-state index contributed by atoms with van der Waals surface area (Å²) < 4.78 is 0. The highest BCUT2D eigenvalue weighted by molar-refractivity contribution is 5.40. The predicted molar refractivity (Wildman–Crippen MR) is 134 cm³/mol. The van der Waals surface area contributed by atoms with Crippen LogP contribution in [0.1, 0.15) is 57.9 Å². The molecule has 0 saturated carbocycles. The maximum absolute atomic E-state index is 11.8. The zero-order chi connectivity index (χ0) is 26.0. The van der Waals surface area contributed by atoms with Crippen LogP contribution in [-0.2, 0) is 12.8 Å². The van der Waals surface area contributed by atoms with Crippen molar-refractivity contribution >= 4 is 0 Å². The molecule has 0 fully saturated rings. The average Bonchev–Trinajstić information content (AvgIpc) is 2.76. The van der Waals surface area contributed by atoms with Gasteiger partial charge < -0.3 is 30.6 Å². The maximum atomic E-state index is 11.8. The van der Waals surface area contributed by atoms with Crippen molar-refractivity contribution in [2.45, 2.75) is 97.2 Å². The fourth-order valence-electron chi connectivity index (χ4n) is 5.24. The minimum absolute atomic E-state index is 0.0543. The molecule has 0 amide bonds. The molecule has 0 spiro atoms. The molecule has 34 heavy (non-hydrogen) atoms. The average molecular weight is 475 g/mol. The lowest BCUT2D eigenvalue weighted by Crippen LogP contribution is -2.66. The first-order valence-corrected chi connectivity index (χ1v) is 11.9. The highest BCUT2D eigenvalue weighted by Gasteiger charge is 2.54. The Morgan fingerprint density at radius 2 is 1.09 bits per heavy atom. The van der Waals surface area contributed by atoms with Crippen LogP contribution in [0.2, 0.25) is 0 Å². The van der Waals surface area contributed by atoms with Crippen molar-refractivity contribution in [2.75, 3.05) is 6.61 Å². The molecule has 0 aliphatic carbocycles. The van der Waals surface area contributed by atoms with Crippen LogP contribution in [0, 0.1) is 41.5 Å². The standard InChI is InChI=1S/C28H42O6/c1-8-27(33,13-22-18(4)9-16(2)10-19(22)5)26(32)28(34,25(31)24(30)15-29)14-23-20(6)11-17(3)12-21(23)7/h9-12,24-26,29-34H,8,13-15H2,1-7H3/t24-,25+,26+,27?,28+/m0/s1. The van der Waals surface area contributed by atoms with Crippen LogP contribution in [0.15, 0.2) is 24.3 Å². The number of rotatable bonds is 10. The highest BCUT2D eigenvalue weighted by Crippen LogP contribution is 2.36. The molecule has 6 N–H and O–H groups in total. The lowest BCUT2D eigenvalue weighted by Gasteiger charge is -2.46. The van der Waals surface area contributed by atoms with Crippen molar-refractivity contribution in [3.63, 3.8) is 0 Å². The van der Waals surface area contributed by atoms with Crippen molar-refractivity contribution in [3.05, 3.63) is 68.8 Å². The van der Waals surface area contributed by atoms with Gasteiger partial charge in [0, 0.05) is 12.8 Å². The largest absolute Gasteiger partial charge is 0.394 e. The van der Waals surface area contributed by atoms with E-state index in [0.717, 1.165) is 38.9 Å². The van der Waals surface area contributed by atoms with Gasteiger partial charge >= 0.3 is 0 Å². The summed E-state index contributed by atoms with van der Waals surface area (Å²) in [5, 5.41) is 65.8. The lowest BCUT2D eigenvalue weighted by atomic mass is 9.70. The predicted octanol–water partition coefficient (Wildman–Crippen LogP) is 2.27. The summed E-state index contributed by atoms with van der Waals surface area (Å²) in [6, 6.07) is 7.88. The van der Waals surface area contributed by atoms with Crippen LogP contribution in [-0.4, -0.2) is 66.8 Å². The van der Waals surface area contributed by atoms with Crippen LogP contribution in [0.25, 0.3) is 0 Å². The summed E-state index contributed by atoms with van der Waals surface area (Å²) >= 11 is 0. The molecule has 2 aromatic carbocycles. The fourth-order valence-corrected chi connectivity index (χ4v) is 5.24. The molecule has 1 unspecified atom stereocenters. The second kappa shape index (κ2) is 10.9. The molecule has 0 saturated heterocycles. The van der Waals surface area contributed by atoms with E-state index in [2.05, 4.69) is 0 Å². The normalized spacial score (nSPS) is 18.1. The van der Waals surface area contributed by atoms with Gasteiger partial charge in [-0.15, -0.1) is 0 Å². The Bertz CT molecular complexity index is 956. The van der Waals surface area contributed by atoms with E-state index in [9.17, 15) is 30.6 Å². The van der Waals surface area contributed by atoms with Crippen LogP contribution >= 0.6 is 0 Å². The number of hydrogen-bond acceptors (Lipinski definition) is 6. The third-order valence-corrected chi connectivity index (χ3v) is 7.28. The van der Waals surface area contributed by atoms with Crippen LogP contribution in [0.5, 0.6) is 0 Å². The number of aliphatic hydroxyl groups is 6. The molecule has 0 heterocycles. The first-order valence-electron chi connectivity index (χ1n) is 11.9. The fraction of sp³-hybridized carbons (Fsp3) is 0.571. The molecule has 190 valence electrons. The number of hydrogen-bond donors (Lipinski definition) is 6. The van der Waals surface area contributed by atoms with Crippen molar-refractivity contribution in [1.29, 1.82) is 0 Å². The third-order valence-electron chi connectivity index (χ3n) is 7.28. The van der Waals surface area contributed by atoms with Gasteiger partial charge in [0.2, 0.25) is 0 Å². The van der Waals surface area contributed by atoms with E-state index in [1.165, 1.54) is 0 Å². The van der Waals surface area contributed by atoms with Gasteiger partial charge in [0.05, 0.1) is 12.2 Å². The van der Waals surface area contributed by atoms with Crippen molar-refractivity contribution in [1.82, 2.24) is 0 Å². The topological polar surface area (TPSA) is 121 Å². The summed E-state index contributed by atoms with van der Waals surface area (Å²) in [6.45, 7) is 12.5. The Balaban J connectivity index is 2.60. The van der Waals surface area contributed by atoms with Crippen LogP contribution in [0.4, 0.5) is 0 Å².